The van der Waals surface area contributed by atoms with Crippen LogP contribution in [0.15, 0.2) is 18.2 Å². The van der Waals surface area contributed by atoms with E-state index in [4.69, 9.17) is 4.74 Å². The molecule has 0 fully saturated rings. The summed E-state index contributed by atoms with van der Waals surface area (Å²) in [4.78, 5) is 22.9. The first kappa shape index (κ1) is 10.4. The van der Waals surface area contributed by atoms with Crippen LogP contribution < -0.4 is 9.64 Å². The van der Waals surface area contributed by atoms with Gasteiger partial charge < -0.3 is 9.64 Å². The predicted molar refractivity (Wildman–Crippen MR) is 56.6 cm³/mol. The largest absolute Gasteiger partial charge is 0.489 e. The van der Waals surface area contributed by atoms with Crippen LogP contribution in [0, 0.1) is 10.1 Å². The van der Waals surface area contributed by atoms with Gasteiger partial charge in [0.25, 0.3) is 5.69 Å². The fourth-order valence-corrected chi connectivity index (χ4v) is 1.65. The molecule has 0 unspecified atom stereocenters. The Kier molecular flexibility index (Phi) is 2.47. The maximum atomic E-state index is 11.3. The standard InChI is InChI=1S/C10H10N2O4/c1-7(13)11-4-5-16-10-6-8(12(14)15)2-3-9(10)11/h2-3,6H,4-5H2,1H3. The zero-order valence-corrected chi connectivity index (χ0v) is 8.67. The molecule has 0 saturated carbocycles. The van der Waals surface area contributed by atoms with E-state index >= 15 is 0 Å². The Morgan fingerprint density at radius 3 is 2.94 bits per heavy atom. The molecule has 0 bridgehead atoms. The van der Waals surface area contributed by atoms with Gasteiger partial charge in [-0.05, 0) is 6.07 Å². The van der Waals surface area contributed by atoms with Gasteiger partial charge >= 0.3 is 0 Å². The molecular formula is C10H10N2O4. The molecule has 0 aromatic heterocycles. The first-order valence-corrected chi connectivity index (χ1v) is 4.79. The lowest BCUT2D eigenvalue weighted by Gasteiger charge is -2.28. The number of non-ortho nitro benzene ring substituents is 1. The van der Waals surface area contributed by atoms with Crippen LogP contribution in [0.2, 0.25) is 0 Å². The molecule has 0 atom stereocenters. The van der Waals surface area contributed by atoms with Crippen molar-refractivity contribution < 1.29 is 14.5 Å². The van der Waals surface area contributed by atoms with Crippen molar-refractivity contribution in [2.75, 3.05) is 18.1 Å². The second-order valence-corrected chi connectivity index (χ2v) is 3.43. The van der Waals surface area contributed by atoms with Gasteiger partial charge in [0.15, 0.2) is 0 Å². The zero-order valence-electron chi connectivity index (χ0n) is 8.67. The van der Waals surface area contributed by atoms with Crippen molar-refractivity contribution >= 4 is 17.3 Å². The molecule has 1 aliphatic heterocycles. The lowest BCUT2D eigenvalue weighted by molar-refractivity contribution is -0.384. The maximum absolute atomic E-state index is 11.3. The highest BCUT2D eigenvalue weighted by atomic mass is 16.6. The van der Waals surface area contributed by atoms with Gasteiger partial charge in [0, 0.05) is 13.0 Å². The van der Waals surface area contributed by atoms with E-state index in [-0.39, 0.29) is 11.6 Å². The minimum Gasteiger partial charge on any atom is -0.489 e. The van der Waals surface area contributed by atoms with Gasteiger partial charge in [0.2, 0.25) is 5.91 Å². The van der Waals surface area contributed by atoms with Gasteiger partial charge in [-0.1, -0.05) is 0 Å². The molecule has 0 spiro atoms. The molecule has 0 saturated heterocycles. The number of carbonyl (C=O) groups is 1. The smallest absolute Gasteiger partial charge is 0.273 e. The minimum absolute atomic E-state index is 0.0378. The van der Waals surface area contributed by atoms with Crippen molar-refractivity contribution in [3.05, 3.63) is 28.3 Å². The predicted octanol–water partition coefficient (Wildman–Crippen LogP) is 1.34. The van der Waals surface area contributed by atoms with E-state index in [1.807, 2.05) is 0 Å². The number of nitro groups is 1. The van der Waals surface area contributed by atoms with Gasteiger partial charge in [-0.3, -0.25) is 14.9 Å². The Morgan fingerprint density at radius 1 is 1.56 bits per heavy atom. The molecule has 0 radical (unpaired) electrons. The maximum Gasteiger partial charge on any atom is 0.273 e. The molecule has 6 nitrogen and oxygen atoms in total. The van der Waals surface area contributed by atoms with E-state index in [0.29, 0.717) is 24.6 Å². The molecule has 6 heteroatoms. The number of hydrogen-bond acceptors (Lipinski definition) is 4. The molecule has 1 heterocycles. The Hall–Kier alpha value is -2.11. The van der Waals surface area contributed by atoms with Crippen LogP contribution in [0.5, 0.6) is 5.75 Å². The Morgan fingerprint density at radius 2 is 2.31 bits per heavy atom. The monoisotopic (exact) mass is 222 g/mol. The lowest BCUT2D eigenvalue weighted by atomic mass is 10.2. The zero-order chi connectivity index (χ0) is 11.7. The summed E-state index contributed by atoms with van der Waals surface area (Å²) in [5.74, 6) is 0.286. The molecule has 1 amide bonds. The molecule has 84 valence electrons. The molecule has 1 aromatic rings. The highest BCUT2D eigenvalue weighted by Crippen LogP contribution is 2.34. The summed E-state index contributed by atoms with van der Waals surface area (Å²) in [5, 5.41) is 10.6. The lowest BCUT2D eigenvalue weighted by Crippen LogP contribution is -2.36. The topological polar surface area (TPSA) is 72.7 Å². The second-order valence-electron chi connectivity index (χ2n) is 3.43. The molecular weight excluding hydrogens is 212 g/mol. The van der Waals surface area contributed by atoms with Crippen molar-refractivity contribution in [2.24, 2.45) is 0 Å². The van der Waals surface area contributed by atoms with Crippen molar-refractivity contribution in [1.82, 2.24) is 0 Å². The van der Waals surface area contributed by atoms with Crippen LogP contribution >= 0.6 is 0 Å². The number of ether oxygens (including phenoxy) is 1. The fourth-order valence-electron chi connectivity index (χ4n) is 1.65. The van der Waals surface area contributed by atoms with Crippen molar-refractivity contribution in [3.8, 4) is 5.75 Å². The van der Waals surface area contributed by atoms with Crippen LogP contribution in [-0.4, -0.2) is 24.0 Å². The summed E-state index contributed by atoms with van der Waals surface area (Å²) < 4.78 is 5.30. The van der Waals surface area contributed by atoms with Gasteiger partial charge in [0.05, 0.1) is 23.2 Å². The van der Waals surface area contributed by atoms with E-state index in [9.17, 15) is 14.9 Å². The Bertz CT molecular complexity index is 458. The number of hydrogen-bond donors (Lipinski definition) is 0. The van der Waals surface area contributed by atoms with Crippen LogP contribution in [0.3, 0.4) is 0 Å². The molecule has 1 aliphatic rings. The summed E-state index contributed by atoms with van der Waals surface area (Å²) in [6.45, 7) is 2.28. The minimum atomic E-state index is -0.490. The summed E-state index contributed by atoms with van der Waals surface area (Å²) in [6.07, 6.45) is 0. The number of rotatable bonds is 1. The van der Waals surface area contributed by atoms with E-state index in [1.165, 1.54) is 25.1 Å². The van der Waals surface area contributed by atoms with E-state index in [0.717, 1.165) is 0 Å². The van der Waals surface area contributed by atoms with E-state index in [2.05, 4.69) is 0 Å². The van der Waals surface area contributed by atoms with Gasteiger partial charge in [0.1, 0.15) is 12.4 Å². The second kappa shape index (κ2) is 3.80. The number of nitrogens with zero attached hydrogens (tertiary/aromatic N) is 2. The SMILES string of the molecule is CC(=O)N1CCOc2cc([N+](=O)[O-])ccc21. The third kappa shape index (κ3) is 1.69. The van der Waals surface area contributed by atoms with Crippen LogP contribution in [0.1, 0.15) is 6.92 Å². The van der Waals surface area contributed by atoms with Gasteiger partial charge in [-0.25, -0.2) is 0 Å². The number of anilines is 1. The third-order valence-corrected chi connectivity index (χ3v) is 2.40. The summed E-state index contributed by atoms with van der Waals surface area (Å²) in [6, 6.07) is 4.24. The molecule has 2 rings (SSSR count). The molecule has 16 heavy (non-hydrogen) atoms. The van der Waals surface area contributed by atoms with Crippen molar-refractivity contribution in [1.29, 1.82) is 0 Å². The number of carbonyl (C=O) groups excluding carboxylic acids is 1. The summed E-state index contributed by atoms with van der Waals surface area (Å²) in [7, 11) is 0. The van der Waals surface area contributed by atoms with E-state index in [1.54, 1.807) is 4.90 Å². The van der Waals surface area contributed by atoms with Crippen molar-refractivity contribution in [2.45, 2.75) is 6.92 Å². The van der Waals surface area contributed by atoms with Gasteiger partial charge in [-0.15, -0.1) is 0 Å². The third-order valence-electron chi connectivity index (χ3n) is 2.40. The Balaban J connectivity index is 2.44. The highest BCUT2D eigenvalue weighted by Gasteiger charge is 2.23. The Labute approximate surface area is 91.6 Å². The van der Waals surface area contributed by atoms with Crippen molar-refractivity contribution in [3.63, 3.8) is 0 Å². The van der Waals surface area contributed by atoms with Crippen LogP contribution in [0.4, 0.5) is 11.4 Å². The number of benzene rings is 1. The quantitative estimate of drug-likeness (QED) is 0.531. The van der Waals surface area contributed by atoms with Crippen LogP contribution in [-0.2, 0) is 4.79 Å². The molecule has 0 aliphatic carbocycles. The average molecular weight is 222 g/mol. The number of amides is 1. The van der Waals surface area contributed by atoms with Crippen LogP contribution in [0.25, 0.3) is 0 Å². The number of fused-ring (bicyclic) bond motifs is 1. The first-order chi connectivity index (χ1) is 7.59. The highest BCUT2D eigenvalue weighted by molar-refractivity contribution is 5.93. The van der Waals surface area contributed by atoms with Gasteiger partial charge in [-0.2, -0.15) is 0 Å². The molecule has 1 aromatic carbocycles. The van der Waals surface area contributed by atoms with E-state index < -0.39 is 4.92 Å². The normalized spacial score (nSPS) is 13.9. The summed E-state index contributed by atoms with van der Waals surface area (Å²) in [5.41, 5.74) is 0.550. The average Bonchev–Trinajstić information content (AvgIpc) is 2.27. The fraction of sp³-hybridized carbons (Fsp3) is 0.300. The molecule has 0 N–H and O–H groups in total. The first-order valence-electron chi connectivity index (χ1n) is 4.79. The summed E-state index contributed by atoms with van der Waals surface area (Å²) >= 11 is 0. The number of nitro benzene ring substituents is 1.